The van der Waals surface area contributed by atoms with Crippen LogP contribution in [0, 0.1) is 17.2 Å². The van der Waals surface area contributed by atoms with Crippen molar-refractivity contribution >= 4 is 17.5 Å². The number of H-pyrrole nitrogens is 1. The minimum atomic E-state index is -4.73. The zero-order valence-electron chi connectivity index (χ0n) is 18.5. The highest BCUT2D eigenvalue weighted by Gasteiger charge is 2.54. The number of benzene rings is 2. The van der Waals surface area contributed by atoms with Crippen LogP contribution in [0.5, 0.6) is 0 Å². The lowest BCUT2D eigenvalue weighted by Crippen LogP contribution is -2.45. The van der Waals surface area contributed by atoms with E-state index in [-0.39, 0.29) is 34.2 Å². The maximum atomic E-state index is 14.2. The van der Waals surface area contributed by atoms with E-state index in [1.165, 1.54) is 42.5 Å². The Morgan fingerprint density at radius 3 is 2.53 bits per heavy atom. The first-order valence-electron chi connectivity index (χ1n) is 10.6. The molecule has 0 fully saturated rings. The quantitative estimate of drug-likeness (QED) is 0.441. The van der Waals surface area contributed by atoms with Crippen LogP contribution in [-0.4, -0.2) is 33.4 Å². The van der Waals surface area contributed by atoms with Crippen molar-refractivity contribution in [2.45, 2.75) is 13.1 Å². The molecule has 1 amide bonds. The predicted octanol–water partition coefficient (Wildman–Crippen LogP) is 5.36. The summed E-state index contributed by atoms with van der Waals surface area (Å²) in [5, 5.41) is 6.54. The van der Waals surface area contributed by atoms with Gasteiger partial charge in [0.1, 0.15) is 11.6 Å². The fourth-order valence-corrected chi connectivity index (χ4v) is 4.07. The zero-order valence-corrected chi connectivity index (χ0v) is 19.3. The monoisotopic (exact) mass is 524 g/mol. The molecule has 0 radical (unpaired) electrons. The first-order chi connectivity index (χ1) is 16.9. The molecular formula is C24H18ClF5N4O2. The molecule has 1 aromatic heterocycles. The number of carbonyl (C=O) groups excluding carboxylic acids is 1. The summed E-state index contributed by atoms with van der Waals surface area (Å²) in [4.78, 5) is 27.3. The molecule has 0 aliphatic heterocycles. The Hall–Kier alpha value is -3.73. The average molecular weight is 525 g/mol. The third-order valence-corrected chi connectivity index (χ3v) is 6.30. The number of carbonyl (C=O) groups is 1. The largest absolute Gasteiger partial charge is 0.398 e. The number of allylic oxidation sites excluding steroid dienone is 3. The maximum absolute atomic E-state index is 14.2. The molecule has 3 aromatic rings. The number of hydrogen-bond acceptors (Lipinski definition) is 3. The van der Waals surface area contributed by atoms with Gasteiger partial charge in [0.25, 0.3) is 5.91 Å². The molecule has 0 saturated heterocycles. The molecular weight excluding hydrogens is 507 g/mol. The Balaban J connectivity index is 1.50. The highest BCUT2D eigenvalue weighted by Crippen LogP contribution is 2.48. The summed E-state index contributed by atoms with van der Waals surface area (Å²) < 4.78 is 69.3. The molecule has 2 unspecified atom stereocenters. The van der Waals surface area contributed by atoms with Gasteiger partial charge in [0.2, 0.25) is 0 Å². The van der Waals surface area contributed by atoms with Gasteiger partial charge in [0, 0.05) is 18.0 Å². The summed E-state index contributed by atoms with van der Waals surface area (Å²) in [5.74, 6) is -3.65. The van der Waals surface area contributed by atoms with Crippen molar-refractivity contribution in [1.29, 1.82) is 0 Å². The minimum absolute atomic E-state index is 0.0515. The summed E-state index contributed by atoms with van der Waals surface area (Å²) in [5.41, 5.74) is -2.90. The number of aromatic nitrogens is 3. The molecule has 1 heterocycles. The summed E-state index contributed by atoms with van der Waals surface area (Å²) in [7, 11) is 0. The Labute approximate surface area is 206 Å². The topological polar surface area (TPSA) is 79.8 Å². The van der Waals surface area contributed by atoms with Crippen molar-refractivity contribution in [3.05, 3.63) is 93.4 Å². The lowest BCUT2D eigenvalue weighted by Gasteiger charge is -2.37. The second-order valence-electron chi connectivity index (χ2n) is 8.32. The molecule has 2 aromatic carbocycles. The molecule has 2 N–H and O–H groups in total. The molecule has 1 aliphatic rings. The second kappa shape index (κ2) is 9.38. The van der Waals surface area contributed by atoms with Crippen molar-refractivity contribution < 1.29 is 26.7 Å². The van der Waals surface area contributed by atoms with Crippen LogP contribution in [0.4, 0.5) is 22.0 Å². The smallest absolute Gasteiger partial charge is 0.351 e. The third kappa shape index (κ3) is 4.70. The number of amides is 1. The normalized spacial score (nSPS) is 19.8. The van der Waals surface area contributed by atoms with Gasteiger partial charge in [-0.2, -0.15) is 17.9 Å². The van der Waals surface area contributed by atoms with Gasteiger partial charge in [-0.1, -0.05) is 23.7 Å². The molecule has 188 valence electrons. The summed E-state index contributed by atoms with van der Waals surface area (Å²) >= 11 is 6.02. The van der Waals surface area contributed by atoms with E-state index in [0.717, 1.165) is 23.8 Å². The highest BCUT2D eigenvalue weighted by molar-refractivity contribution is 6.33. The zero-order chi connectivity index (χ0) is 26.3. The molecule has 6 nitrogen and oxygen atoms in total. The van der Waals surface area contributed by atoms with Crippen molar-refractivity contribution in [3.8, 4) is 17.1 Å². The van der Waals surface area contributed by atoms with Crippen molar-refractivity contribution in [1.82, 2.24) is 20.1 Å². The van der Waals surface area contributed by atoms with Crippen molar-refractivity contribution in [2.75, 3.05) is 6.54 Å². The van der Waals surface area contributed by atoms with Gasteiger partial charge in [0.15, 0.2) is 5.82 Å². The highest BCUT2D eigenvalue weighted by atomic mass is 35.5. The number of aromatic amines is 1. The number of alkyl halides is 3. The fourth-order valence-electron chi connectivity index (χ4n) is 3.82. The molecule has 0 saturated carbocycles. The number of hydrogen-bond donors (Lipinski definition) is 2. The second-order valence-corrected chi connectivity index (χ2v) is 8.73. The van der Waals surface area contributed by atoms with Crippen LogP contribution in [0.25, 0.3) is 17.1 Å². The van der Waals surface area contributed by atoms with E-state index < -0.39 is 40.8 Å². The van der Waals surface area contributed by atoms with Crippen molar-refractivity contribution in [2.24, 2.45) is 11.3 Å². The van der Waals surface area contributed by atoms with Crippen LogP contribution >= 0.6 is 11.6 Å². The summed E-state index contributed by atoms with van der Waals surface area (Å²) in [6.45, 7) is 0.481. The lowest BCUT2D eigenvalue weighted by atomic mass is 9.73. The number of rotatable bonds is 5. The predicted molar refractivity (Wildman–Crippen MR) is 123 cm³/mol. The molecule has 0 bridgehead atoms. The van der Waals surface area contributed by atoms with E-state index in [9.17, 15) is 31.5 Å². The van der Waals surface area contributed by atoms with E-state index in [0.29, 0.717) is 6.08 Å². The Kier molecular flexibility index (Phi) is 6.61. The summed E-state index contributed by atoms with van der Waals surface area (Å²) in [6.07, 6.45) is -2.21. The van der Waals surface area contributed by atoms with Crippen LogP contribution in [0.3, 0.4) is 0 Å². The Morgan fingerprint density at radius 2 is 1.89 bits per heavy atom. The van der Waals surface area contributed by atoms with E-state index in [1.54, 1.807) is 0 Å². The van der Waals surface area contributed by atoms with Gasteiger partial charge in [0.05, 0.1) is 21.7 Å². The Morgan fingerprint density at radius 1 is 1.19 bits per heavy atom. The molecule has 12 heteroatoms. The number of halogens is 6. The minimum Gasteiger partial charge on any atom is -0.351 e. The molecule has 36 heavy (non-hydrogen) atoms. The van der Waals surface area contributed by atoms with Gasteiger partial charge in [-0.3, -0.25) is 9.78 Å². The standard InChI is InChI=1S/C24H18ClF5N4O2/c1-23(24(28,29)30)11-15(26)8-7-14(23)12-31-21(35)13-5-9-16(10-6-13)34-22(36)32-20(33-34)19-17(25)3-2-4-18(19)27/h2-11,14H,12H2,1H3,(H,31,35)(H,32,33,36). The average Bonchev–Trinajstić information content (AvgIpc) is 3.18. The first-order valence-corrected chi connectivity index (χ1v) is 10.9. The molecule has 0 spiro atoms. The number of nitrogens with one attached hydrogen (secondary N) is 2. The van der Waals surface area contributed by atoms with E-state index >= 15 is 0 Å². The Bertz CT molecular complexity index is 1410. The van der Waals surface area contributed by atoms with Crippen LogP contribution < -0.4 is 11.0 Å². The van der Waals surface area contributed by atoms with E-state index in [4.69, 9.17) is 11.6 Å². The molecule has 2 atom stereocenters. The van der Waals surface area contributed by atoms with Crippen LogP contribution in [-0.2, 0) is 0 Å². The molecule has 1 aliphatic carbocycles. The SMILES string of the molecule is CC1(C(F)(F)F)C=C(F)C=CC1CNC(=O)c1ccc(-n2nc(-c3c(F)cccc3Cl)[nH]c2=O)cc1. The van der Waals surface area contributed by atoms with Gasteiger partial charge < -0.3 is 5.32 Å². The van der Waals surface area contributed by atoms with Gasteiger partial charge in [-0.05, 0) is 55.5 Å². The third-order valence-electron chi connectivity index (χ3n) is 5.98. The van der Waals surface area contributed by atoms with E-state index in [2.05, 4.69) is 15.4 Å². The lowest BCUT2D eigenvalue weighted by molar-refractivity contribution is -0.212. The summed E-state index contributed by atoms with van der Waals surface area (Å²) in [6, 6.07) is 9.49. The maximum Gasteiger partial charge on any atom is 0.398 e. The van der Waals surface area contributed by atoms with Crippen LogP contribution in [0.2, 0.25) is 5.02 Å². The van der Waals surface area contributed by atoms with E-state index in [1.807, 2.05) is 0 Å². The number of nitrogens with zero attached hydrogens (tertiary/aromatic N) is 2. The van der Waals surface area contributed by atoms with Gasteiger partial charge >= 0.3 is 11.9 Å². The van der Waals surface area contributed by atoms with Crippen LogP contribution in [0.1, 0.15) is 17.3 Å². The fraction of sp³-hybridized carbons (Fsp3) is 0.208. The molecule has 4 rings (SSSR count). The van der Waals surface area contributed by atoms with Crippen molar-refractivity contribution in [3.63, 3.8) is 0 Å². The van der Waals surface area contributed by atoms with Gasteiger partial charge in [-0.25, -0.2) is 13.6 Å². The van der Waals surface area contributed by atoms with Gasteiger partial charge in [-0.15, -0.1) is 5.10 Å². The van der Waals surface area contributed by atoms with Crippen LogP contribution in [0.15, 0.2) is 71.3 Å². The first kappa shape index (κ1) is 25.4.